The number of rotatable bonds is 8. The van der Waals surface area contributed by atoms with Crippen molar-refractivity contribution in [2.45, 2.75) is 51.0 Å². The van der Waals surface area contributed by atoms with Crippen LogP contribution in [0.1, 0.15) is 44.1 Å². The van der Waals surface area contributed by atoms with Crippen LogP contribution < -0.4 is 10.6 Å². The smallest absolute Gasteiger partial charge is 0.315 e. The Morgan fingerprint density at radius 1 is 1.19 bits per heavy atom. The van der Waals surface area contributed by atoms with Crippen LogP contribution in [0.15, 0.2) is 30.3 Å². The van der Waals surface area contributed by atoms with Crippen molar-refractivity contribution in [2.24, 2.45) is 11.8 Å². The number of nitrogens with zero attached hydrogens (tertiary/aromatic N) is 1. The minimum absolute atomic E-state index is 0.0238. The van der Waals surface area contributed by atoms with E-state index in [1.165, 1.54) is 0 Å². The lowest BCUT2D eigenvalue weighted by Gasteiger charge is -2.25. The van der Waals surface area contributed by atoms with Crippen molar-refractivity contribution in [1.29, 1.82) is 5.26 Å². The first-order valence-corrected chi connectivity index (χ1v) is 9.26. The Kier molecular flexibility index (Phi) is 7.94. The van der Waals surface area contributed by atoms with E-state index in [-0.39, 0.29) is 24.4 Å². The Morgan fingerprint density at radius 3 is 2.50 bits per heavy atom. The van der Waals surface area contributed by atoms with Gasteiger partial charge in [0.15, 0.2) is 0 Å². The lowest BCUT2D eigenvalue weighted by atomic mass is 9.83. The minimum Gasteiger partial charge on any atom is -0.481 e. The maximum Gasteiger partial charge on any atom is 0.315 e. The molecule has 1 unspecified atom stereocenters. The third kappa shape index (κ3) is 7.14. The molecule has 1 aromatic carbocycles. The van der Waals surface area contributed by atoms with Gasteiger partial charge in [0.2, 0.25) is 0 Å². The van der Waals surface area contributed by atoms with Crippen LogP contribution in [-0.4, -0.2) is 29.7 Å². The van der Waals surface area contributed by atoms with Gasteiger partial charge in [0.1, 0.15) is 0 Å². The highest BCUT2D eigenvalue weighted by Gasteiger charge is 2.21. The largest absolute Gasteiger partial charge is 0.481 e. The number of urea groups is 1. The van der Waals surface area contributed by atoms with Crippen LogP contribution in [0.25, 0.3) is 0 Å². The molecule has 0 spiro atoms. The van der Waals surface area contributed by atoms with Gasteiger partial charge in [-0.05, 0) is 50.0 Å². The Morgan fingerprint density at radius 2 is 1.88 bits per heavy atom. The van der Waals surface area contributed by atoms with Gasteiger partial charge in [-0.15, -0.1) is 0 Å². The lowest BCUT2D eigenvalue weighted by Crippen LogP contribution is -2.45. The fourth-order valence-corrected chi connectivity index (χ4v) is 3.39. The molecule has 2 rings (SSSR count). The van der Waals surface area contributed by atoms with Gasteiger partial charge in [-0.3, -0.25) is 4.79 Å². The van der Waals surface area contributed by atoms with E-state index in [2.05, 4.69) is 16.7 Å². The fourth-order valence-electron chi connectivity index (χ4n) is 3.39. The highest BCUT2D eigenvalue weighted by Crippen LogP contribution is 2.27. The van der Waals surface area contributed by atoms with Crippen molar-refractivity contribution in [2.75, 3.05) is 6.54 Å². The monoisotopic (exact) mass is 357 g/mol. The maximum absolute atomic E-state index is 12.2. The van der Waals surface area contributed by atoms with Gasteiger partial charge in [-0.25, -0.2) is 4.79 Å². The van der Waals surface area contributed by atoms with Crippen LogP contribution in [0.4, 0.5) is 4.79 Å². The van der Waals surface area contributed by atoms with Crippen LogP contribution >= 0.6 is 0 Å². The number of carbonyl (C=O) groups excluding carboxylic acids is 1. The Balaban J connectivity index is 1.79. The lowest BCUT2D eigenvalue weighted by molar-refractivity contribution is -0.137. The molecule has 140 valence electrons. The van der Waals surface area contributed by atoms with Crippen LogP contribution in [0.2, 0.25) is 0 Å². The van der Waals surface area contributed by atoms with Crippen molar-refractivity contribution >= 4 is 12.0 Å². The fraction of sp³-hybridized carbons (Fsp3) is 0.550. The Labute approximate surface area is 154 Å². The van der Waals surface area contributed by atoms with Crippen LogP contribution in [-0.2, 0) is 11.2 Å². The van der Waals surface area contributed by atoms with Crippen molar-refractivity contribution in [1.82, 2.24) is 10.6 Å². The number of amides is 2. The second-order valence-corrected chi connectivity index (χ2v) is 7.02. The third-order valence-corrected chi connectivity index (χ3v) is 4.95. The molecular weight excluding hydrogens is 330 g/mol. The molecule has 1 saturated carbocycles. The van der Waals surface area contributed by atoms with Gasteiger partial charge in [0.25, 0.3) is 0 Å². The molecule has 1 fully saturated rings. The molecule has 3 N–H and O–H groups in total. The summed E-state index contributed by atoms with van der Waals surface area (Å²) in [5.74, 6) is -0.289. The van der Waals surface area contributed by atoms with E-state index in [1.54, 1.807) is 0 Å². The average molecular weight is 357 g/mol. The highest BCUT2D eigenvalue weighted by atomic mass is 16.4. The second-order valence-electron chi connectivity index (χ2n) is 7.02. The Bertz CT molecular complexity index is 619. The van der Waals surface area contributed by atoms with E-state index in [9.17, 15) is 9.59 Å². The summed E-state index contributed by atoms with van der Waals surface area (Å²) in [5, 5.41) is 23.7. The first-order valence-electron chi connectivity index (χ1n) is 9.26. The molecule has 6 nitrogen and oxygen atoms in total. The quantitative estimate of drug-likeness (QED) is 0.665. The Hall–Kier alpha value is -2.55. The van der Waals surface area contributed by atoms with Crippen molar-refractivity contribution < 1.29 is 14.7 Å². The molecule has 1 aliphatic rings. The van der Waals surface area contributed by atoms with Crippen molar-refractivity contribution in [3.8, 4) is 6.07 Å². The highest BCUT2D eigenvalue weighted by molar-refractivity contribution is 5.74. The number of carboxylic acids is 1. The summed E-state index contributed by atoms with van der Waals surface area (Å²) in [7, 11) is 0. The van der Waals surface area contributed by atoms with Gasteiger partial charge in [0, 0.05) is 24.9 Å². The summed E-state index contributed by atoms with van der Waals surface area (Å²) < 4.78 is 0. The summed E-state index contributed by atoms with van der Waals surface area (Å²) in [5.41, 5.74) is 1.07. The molecule has 0 aliphatic heterocycles. The number of benzene rings is 1. The van der Waals surface area contributed by atoms with Crippen LogP contribution in [0.3, 0.4) is 0 Å². The molecule has 1 atom stereocenters. The van der Waals surface area contributed by atoms with Crippen molar-refractivity contribution in [3.05, 3.63) is 35.9 Å². The predicted molar refractivity (Wildman–Crippen MR) is 98.4 cm³/mol. The second kappa shape index (κ2) is 10.4. The zero-order valence-electron chi connectivity index (χ0n) is 15.0. The molecule has 0 bridgehead atoms. The number of nitrogens with one attached hydrogen (secondary N) is 2. The topological polar surface area (TPSA) is 102 Å². The van der Waals surface area contributed by atoms with Gasteiger partial charge in [-0.2, -0.15) is 5.26 Å². The van der Waals surface area contributed by atoms with Crippen molar-refractivity contribution in [3.63, 3.8) is 0 Å². The van der Waals surface area contributed by atoms with E-state index in [1.807, 2.05) is 30.3 Å². The summed E-state index contributed by atoms with van der Waals surface area (Å²) >= 11 is 0. The van der Waals surface area contributed by atoms with E-state index in [0.29, 0.717) is 25.3 Å². The molecule has 1 aromatic rings. The van der Waals surface area contributed by atoms with Gasteiger partial charge in [0.05, 0.1) is 6.07 Å². The molecule has 0 radical (unpaired) electrons. The molecule has 2 amide bonds. The van der Waals surface area contributed by atoms with E-state index in [0.717, 1.165) is 31.2 Å². The zero-order valence-corrected chi connectivity index (χ0v) is 15.0. The molecule has 1 aliphatic carbocycles. The number of hydrogen-bond donors (Lipinski definition) is 3. The summed E-state index contributed by atoms with van der Waals surface area (Å²) in [4.78, 5) is 23.1. The average Bonchev–Trinajstić information content (AvgIpc) is 2.65. The number of aliphatic carboxylic acids is 1. The normalized spacial score (nSPS) is 20.6. The summed E-state index contributed by atoms with van der Waals surface area (Å²) in [6, 6.07) is 11.6. The predicted octanol–water partition coefficient (Wildman–Crippen LogP) is 3.09. The molecule has 0 aromatic heterocycles. The standard InChI is InChI=1S/C20H27N3O3/c21-13-16-6-8-17(9-7-16)14-22-20(26)23-18(10-11-19(24)25)12-15-4-2-1-3-5-15/h1-5,16-18H,6-12,14H2,(H,24,25)(H2,22,23,26). The molecule has 6 heteroatoms. The third-order valence-electron chi connectivity index (χ3n) is 4.95. The van der Waals surface area contributed by atoms with Gasteiger partial charge < -0.3 is 15.7 Å². The minimum atomic E-state index is -0.862. The van der Waals surface area contributed by atoms with E-state index < -0.39 is 5.97 Å². The first kappa shape index (κ1) is 19.8. The maximum atomic E-state index is 12.2. The number of nitriles is 1. The zero-order chi connectivity index (χ0) is 18.8. The molecule has 0 heterocycles. The molecule has 0 saturated heterocycles. The first-order chi connectivity index (χ1) is 12.6. The van der Waals surface area contributed by atoms with Crippen LogP contribution in [0, 0.1) is 23.2 Å². The summed E-state index contributed by atoms with van der Waals surface area (Å²) in [6.45, 7) is 0.598. The summed E-state index contributed by atoms with van der Waals surface area (Å²) in [6.07, 6.45) is 4.76. The number of carbonyl (C=O) groups is 2. The van der Waals surface area contributed by atoms with Gasteiger partial charge >= 0.3 is 12.0 Å². The molecule has 26 heavy (non-hydrogen) atoms. The van der Waals surface area contributed by atoms with Crippen LogP contribution in [0.5, 0.6) is 0 Å². The van der Waals surface area contributed by atoms with E-state index in [4.69, 9.17) is 10.4 Å². The van der Waals surface area contributed by atoms with E-state index >= 15 is 0 Å². The number of carboxylic acid groups (broad SMARTS) is 1. The van der Waals surface area contributed by atoms with Gasteiger partial charge in [-0.1, -0.05) is 30.3 Å². The number of hydrogen-bond acceptors (Lipinski definition) is 3. The molecular formula is C20H27N3O3. The SMILES string of the molecule is N#CC1CCC(CNC(=O)NC(CCC(=O)O)Cc2ccccc2)CC1.